The summed E-state index contributed by atoms with van der Waals surface area (Å²) in [5.74, 6) is 1.25. The zero-order valence-corrected chi connectivity index (χ0v) is 16.6. The number of nitrogens with two attached hydrogens (primary N) is 1. The van der Waals surface area contributed by atoms with Crippen molar-refractivity contribution in [1.82, 2.24) is 25.3 Å². The van der Waals surface area contributed by atoms with Gasteiger partial charge in [0.1, 0.15) is 11.3 Å². The number of pyridine rings is 2. The minimum atomic E-state index is 0.271. The summed E-state index contributed by atoms with van der Waals surface area (Å²) in [7, 11) is 0. The Balaban J connectivity index is 1.54. The molecule has 0 saturated carbocycles. The van der Waals surface area contributed by atoms with Crippen LogP contribution in [0.3, 0.4) is 0 Å². The molecule has 1 saturated heterocycles. The summed E-state index contributed by atoms with van der Waals surface area (Å²) in [4.78, 5) is 20.7. The van der Waals surface area contributed by atoms with Crippen LogP contribution in [-0.2, 0) is 6.42 Å². The van der Waals surface area contributed by atoms with Crippen LogP contribution in [0, 0.1) is 0 Å². The van der Waals surface area contributed by atoms with E-state index in [0.29, 0.717) is 6.42 Å². The molecule has 3 aromatic heterocycles. The van der Waals surface area contributed by atoms with E-state index in [2.05, 4.69) is 43.4 Å². The number of nitrogens with one attached hydrogen (secondary N) is 1. The fourth-order valence-electron chi connectivity index (χ4n) is 3.81. The maximum atomic E-state index is 5.96. The number of hydrogen-bond acceptors (Lipinski definition) is 7. The number of rotatable bonds is 4. The first-order chi connectivity index (χ1) is 14.8. The molecule has 3 N–H and O–H groups in total. The second-order valence-corrected chi connectivity index (χ2v) is 7.39. The van der Waals surface area contributed by atoms with Crippen LogP contribution >= 0.6 is 0 Å². The zero-order valence-electron chi connectivity index (χ0n) is 16.6. The highest BCUT2D eigenvalue weighted by atomic mass is 15.2. The number of anilines is 2. The number of fused-ring (bicyclic) bond motifs is 1. The second-order valence-electron chi connectivity index (χ2n) is 7.39. The molecule has 0 spiro atoms. The number of benzene rings is 1. The van der Waals surface area contributed by atoms with Crippen LogP contribution in [0.1, 0.15) is 11.3 Å². The predicted molar refractivity (Wildman–Crippen MR) is 119 cm³/mol. The zero-order chi connectivity index (χ0) is 20.3. The Morgan fingerprint density at radius 3 is 2.60 bits per heavy atom. The molecule has 150 valence electrons. The molecular weight excluding hydrogens is 374 g/mol. The summed E-state index contributed by atoms with van der Waals surface area (Å²) < 4.78 is 0. The molecule has 0 unspecified atom stereocenters. The van der Waals surface area contributed by atoms with E-state index >= 15 is 0 Å². The third-order valence-corrected chi connectivity index (χ3v) is 5.33. The van der Waals surface area contributed by atoms with E-state index in [4.69, 9.17) is 10.7 Å². The van der Waals surface area contributed by atoms with Crippen molar-refractivity contribution in [2.75, 3.05) is 36.8 Å². The Labute approximate surface area is 175 Å². The lowest BCUT2D eigenvalue weighted by atomic mass is 10.1. The number of nitrogens with zero attached hydrogens (tertiary/aromatic N) is 5. The molecule has 1 fully saturated rings. The molecule has 1 aromatic carbocycles. The molecule has 0 atom stereocenters. The van der Waals surface area contributed by atoms with Crippen LogP contribution in [0.25, 0.3) is 22.3 Å². The van der Waals surface area contributed by atoms with Crippen molar-refractivity contribution in [2.24, 2.45) is 0 Å². The third kappa shape index (κ3) is 3.79. The fraction of sp³-hybridized carbons (Fsp3) is 0.217. The first-order valence-electron chi connectivity index (χ1n) is 10.2. The Kier molecular flexibility index (Phi) is 4.94. The summed E-state index contributed by atoms with van der Waals surface area (Å²) in [6.45, 7) is 3.86. The molecular formula is C23H23N7. The first kappa shape index (κ1) is 18.4. The third-order valence-electron chi connectivity index (χ3n) is 5.33. The van der Waals surface area contributed by atoms with Gasteiger partial charge in [0.05, 0.1) is 16.9 Å². The highest BCUT2D eigenvalue weighted by Crippen LogP contribution is 2.25. The summed E-state index contributed by atoms with van der Waals surface area (Å²) in [5, 5.41) is 3.38. The predicted octanol–water partition coefficient (Wildman–Crippen LogP) is 2.67. The topological polar surface area (TPSA) is 92.8 Å². The van der Waals surface area contributed by atoms with Gasteiger partial charge in [0.25, 0.3) is 0 Å². The van der Waals surface area contributed by atoms with E-state index in [1.165, 1.54) is 0 Å². The van der Waals surface area contributed by atoms with Gasteiger partial charge >= 0.3 is 0 Å². The quantitative estimate of drug-likeness (QED) is 0.547. The molecule has 30 heavy (non-hydrogen) atoms. The molecule has 0 radical (unpaired) electrons. The number of nitrogen functional groups attached to an aromatic ring is 1. The van der Waals surface area contributed by atoms with Gasteiger partial charge in [0.2, 0.25) is 5.95 Å². The SMILES string of the molecule is Nc1nc(Cc2ccccc2)c2nc(-c3ccnc(N4CCNCC4)c3)ccc2n1. The van der Waals surface area contributed by atoms with Crippen molar-refractivity contribution >= 4 is 22.8 Å². The number of hydrogen-bond donors (Lipinski definition) is 2. The standard InChI is InChI=1S/C23H23N7/c24-23-28-19-7-6-18(17-8-9-26-21(15-17)30-12-10-25-11-13-30)27-22(19)20(29-23)14-16-4-2-1-3-5-16/h1-9,15,25H,10-14H2,(H2,24,28,29). The number of piperazine rings is 1. The molecule has 7 nitrogen and oxygen atoms in total. The lowest BCUT2D eigenvalue weighted by Crippen LogP contribution is -2.43. The van der Waals surface area contributed by atoms with Gasteiger partial charge in [-0.05, 0) is 29.8 Å². The molecule has 4 aromatic rings. The average Bonchev–Trinajstić information content (AvgIpc) is 2.80. The largest absolute Gasteiger partial charge is 0.368 e. The maximum Gasteiger partial charge on any atom is 0.220 e. The van der Waals surface area contributed by atoms with Gasteiger partial charge in [0, 0.05) is 44.4 Å². The van der Waals surface area contributed by atoms with Crippen molar-refractivity contribution in [3.63, 3.8) is 0 Å². The van der Waals surface area contributed by atoms with Crippen LogP contribution in [0.4, 0.5) is 11.8 Å². The normalized spacial score (nSPS) is 14.2. The molecule has 4 heterocycles. The highest BCUT2D eigenvalue weighted by molar-refractivity contribution is 5.81. The summed E-state index contributed by atoms with van der Waals surface area (Å²) in [5.41, 5.74) is 11.4. The van der Waals surface area contributed by atoms with Crippen LogP contribution in [0.15, 0.2) is 60.8 Å². The number of aromatic nitrogens is 4. The van der Waals surface area contributed by atoms with Gasteiger partial charge in [0.15, 0.2) is 0 Å². The van der Waals surface area contributed by atoms with E-state index in [9.17, 15) is 0 Å². The first-order valence-corrected chi connectivity index (χ1v) is 10.2. The van der Waals surface area contributed by atoms with Gasteiger partial charge in [-0.3, -0.25) is 0 Å². The lowest BCUT2D eigenvalue weighted by molar-refractivity contribution is 0.585. The van der Waals surface area contributed by atoms with Gasteiger partial charge in [-0.25, -0.2) is 19.9 Å². The highest BCUT2D eigenvalue weighted by Gasteiger charge is 2.14. The summed E-state index contributed by atoms with van der Waals surface area (Å²) in [6, 6.07) is 18.3. The van der Waals surface area contributed by atoms with Gasteiger partial charge in [-0.2, -0.15) is 0 Å². The Morgan fingerprint density at radius 2 is 1.77 bits per heavy atom. The minimum Gasteiger partial charge on any atom is -0.368 e. The van der Waals surface area contributed by atoms with Gasteiger partial charge in [-0.1, -0.05) is 30.3 Å². The average molecular weight is 397 g/mol. The van der Waals surface area contributed by atoms with E-state index in [1.807, 2.05) is 42.6 Å². The van der Waals surface area contributed by atoms with E-state index in [0.717, 1.165) is 65.5 Å². The van der Waals surface area contributed by atoms with Gasteiger partial charge in [-0.15, -0.1) is 0 Å². The van der Waals surface area contributed by atoms with Crippen LogP contribution in [0.2, 0.25) is 0 Å². The van der Waals surface area contributed by atoms with Gasteiger partial charge < -0.3 is 16.0 Å². The molecule has 5 rings (SSSR count). The fourth-order valence-corrected chi connectivity index (χ4v) is 3.81. The van der Waals surface area contributed by atoms with E-state index in [-0.39, 0.29) is 5.95 Å². The molecule has 0 amide bonds. The van der Waals surface area contributed by atoms with Crippen molar-refractivity contribution < 1.29 is 0 Å². The smallest absolute Gasteiger partial charge is 0.220 e. The molecule has 7 heteroatoms. The minimum absolute atomic E-state index is 0.271. The Bertz CT molecular complexity index is 1170. The van der Waals surface area contributed by atoms with E-state index < -0.39 is 0 Å². The van der Waals surface area contributed by atoms with Crippen molar-refractivity contribution in [1.29, 1.82) is 0 Å². The van der Waals surface area contributed by atoms with Crippen LogP contribution in [-0.4, -0.2) is 46.1 Å². The van der Waals surface area contributed by atoms with Crippen molar-refractivity contribution in [2.45, 2.75) is 6.42 Å². The second kappa shape index (κ2) is 8.04. The maximum absolute atomic E-state index is 5.96. The monoisotopic (exact) mass is 397 g/mol. The Morgan fingerprint density at radius 1 is 0.933 bits per heavy atom. The van der Waals surface area contributed by atoms with Crippen molar-refractivity contribution in [3.8, 4) is 11.3 Å². The molecule has 1 aliphatic rings. The summed E-state index contributed by atoms with van der Waals surface area (Å²) in [6.07, 6.45) is 2.51. The molecule has 1 aliphatic heterocycles. The van der Waals surface area contributed by atoms with Crippen LogP contribution in [0.5, 0.6) is 0 Å². The summed E-state index contributed by atoms with van der Waals surface area (Å²) >= 11 is 0. The van der Waals surface area contributed by atoms with E-state index in [1.54, 1.807) is 0 Å². The van der Waals surface area contributed by atoms with Crippen LogP contribution < -0.4 is 16.0 Å². The lowest BCUT2D eigenvalue weighted by Gasteiger charge is -2.28. The molecule has 0 aliphatic carbocycles. The van der Waals surface area contributed by atoms with Crippen molar-refractivity contribution in [3.05, 3.63) is 72.1 Å². The Hall–Kier alpha value is -3.58. The molecule has 0 bridgehead atoms.